The van der Waals surface area contributed by atoms with Crippen molar-refractivity contribution in [2.45, 2.75) is 38.6 Å². The van der Waals surface area contributed by atoms with E-state index >= 15 is 0 Å². The lowest BCUT2D eigenvalue weighted by Crippen LogP contribution is -2.45. The molecule has 1 amide bonds. The van der Waals surface area contributed by atoms with Crippen molar-refractivity contribution >= 4 is 33.2 Å². The molecule has 6 nitrogen and oxygen atoms in total. The van der Waals surface area contributed by atoms with Crippen LogP contribution in [-0.2, 0) is 14.8 Å². The van der Waals surface area contributed by atoms with Gasteiger partial charge in [-0.15, -0.1) is 0 Å². The first-order valence-corrected chi connectivity index (χ1v) is 12.7. The number of hydrogen-bond acceptors (Lipinski definition) is 4. The molecule has 0 saturated heterocycles. The molecule has 0 fully saturated rings. The number of para-hydroxylation sites is 1. The summed E-state index contributed by atoms with van der Waals surface area (Å²) in [6.07, 6.45) is 0. The second-order valence-corrected chi connectivity index (χ2v) is 10.6. The van der Waals surface area contributed by atoms with Crippen LogP contribution >= 0.6 is 11.6 Å². The lowest BCUT2D eigenvalue weighted by molar-refractivity contribution is -0.120. The molecular formula is C26H29ClN2O4S. The van der Waals surface area contributed by atoms with Gasteiger partial charge in [-0.2, -0.15) is 0 Å². The maximum atomic E-state index is 13.5. The number of anilines is 1. The van der Waals surface area contributed by atoms with Gasteiger partial charge in [-0.3, -0.25) is 9.10 Å². The molecule has 1 unspecified atom stereocenters. The van der Waals surface area contributed by atoms with Gasteiger partial charge in [0.15, 0.2) is 0 Å². The minimum absolute atomic E-state index is 0.108. The lowest BCUT2D eigenvalue weighted by atomic mass is 10.2. The summed E-state index contributed by atoms with van der Waals surface area (Å²) in [7, 11) is -4.00. The van der Waals surface area contributed by atoms with Gasteiger partial charge < -0.3 is 10.1 Å². The Labute approximate surface area is 206 Å². The third kappa shape index (κ3) is 6.30. The van der Waals surface area contributed by atoms with E-state index in [0.717, 1.165) is 21.2 Å². The Morgan fingerprint density at radius 1 is 1.00 bits per heavy atom. The molecule has 0 saturated carbocycles. The van der Waals surface area contributed by atoms with Crippen molar-refractivity contribution in [2.75, 3.05) is 17.5 Å². The molecule has 0 aliphatic carbocycles. The minimum Gasteiger partial charge on any atom is -0.491 e. The van der Waals surface area contributed by atoms with E-state index in [1.54, 1.807) is 49.4 Å². The van der Waals surface area contributed by atoms with Crippen LogP contribution in [0.15, 0.2) is 71.6 Å². The van der Waals surface area contributed by atoms with Gasteiger partial charge in [-0.1, -0.05) is 47.5 Å². The molecule has 180 valence electrons. The van der Waals surface area contributed by atoms with Gasteiger partial charge in [0.1, 0.15) is 18.9 Å². The highest BCUT2D eigenvalue weighted by atomic mass is 35.5. The van der Waals surface area contributed by atoms with Crippen molar-refractivity contribution < 1.29 is 17.9 Å². The predicted molar refractivity (Wildman–Crippen MR) is 136 cm³/mol. The van der Waals surface area contributed by atoms with Crippen molar-refractivity contribution in [1.29, 1.82) is 0 Å². The van der Waals surface area contributed by atoms with E-state index in [1.807, 2.05) is 45.0 Å². The van der Waals surface area contributed by atoms with Crippen LogP contribution in [-0.4, -0.2) is 33.5 Å². The number of carbonyl (C=O) groups excluding carboxylic acids is 1. The molecule has 1 atom stereocenters. The SMILES string of the molecule is Cc1ccc(S(=O)(=O)N(CC(=O)NC(C)COc2ccccc2C)c2ccc(Cl)cc2C)cc1. The molecule has 0 spiro atoms. The molecule has 0 aliphatic heterocycles. The maximum Gasteiger partial charge on any atom is 0.264 e. The maximum absolute atomic E-state index is 13.5. The van der Waals surface area contributed by atoms with Gasteiger partial charge in [0.25, 0.3) is 10.0 Å². The number of sulfonamides is 1. The molecule has 0 radical (unpaired) electrons. The summed E-state index contributed by atoms with van der Waals surface area (Å²) >= 11 is 6.08. The Kier molecular flexibility index (Phi) is 8.23. The largest absolute Gasteiger partial charge is 0.491 e. The summed E-state index contributed by atoms with van der Waals surface area (Å²) in [4.78, 5) is 13.0. The van der Waals surface area contributed by atoms with Crippen molar-refractivity contribution in [3.05, 3.63) is 88.4 Å². The predicted octanol–water partition coefficient (Wildman–Crippen LogP) is 5.04. The third-order valence-corrected chi connectivity index (χ3v) is 7.32. The summed E-state index contributed by atoms with van der Waals surface area (Å²) in [6, 6.07) is 18.7. The number of nitrogens with one attached hydrogen (secondary N) is 1. The summed E-state index contributed by atoms with van der Waals surface area (Å²) in [5.41, 5.74) is 2.97. The summed E-state index contributed by atoms with van der Waals surface area (Å²) in [5.74, 6) is 0.301. The zero-order chi connectivity index (χ0) is 24.9. The molecule has 0 bridgehead atoms. The Balaban J connectivity index is 1.80. The standard InChI is InChI=1S/C26H29ClN2O4S/c1-18-9-12-23(13-10-18)34(31,32)29(24-14-11-22(27)15-20(24)3)16-26(30)28-21(4)17-33-25-8-6-5-7-19(25)2/h5-15,21H,16-17H2,1-4H3,(H,28,30). The van der Waals surface area contributed by atoms with E-state index in [-0.39, 0.29) is 24.1 Å². The highest BCUT2D eigenvalue weighted by Crippen LogP contribution is 2.29. The van der Waals surface area contributed by atoms with E-state index in [4.69, 9.17) is 16.3 Å². The minimum atomic E-state index is -4.00. The number of hydrogen-bond donors (Lipinski definition) is 1. The van der Waals surface area contributed by atoms with Gasteiger partial charge >= 0.3 is 0 Å². The first kappa shape index (κ1) is 25.6. The monoisotopic (exact) mass is 500 g/mol. The van der Waals surface area contributed by atoms with Gasteiger partial charge in [0.05, 0.1) is 16.6 Å². The number of halogens is 1. The van der Waals surface area contributed by atoms with Gasteiger partial charge in [0, 0.05) is 5.02 Å². The summed E-state index contributed by atoms with van der Waals surface area (Å²) in [6.45, 7) is 7.26. The average molecular weight is 501 g/mol. The van der Waals surface area contributed by atoms with Crippen molar-refractivity contribution in [3.8, 4) is 5.75 Å². The Morgan fingerprint density at radius 3 is 2.32 bits per heavy atom. The van der Waals surface area contributed by atoms with Crippen LogP contribution < -0.4 is 14.4 Å². The zero-order valence-corrected chi connectivity index (χ0v) is 21.3. The number of ether oxygens (including phenoxy) is 1. The molecule has 3 rings (SSSR count). The summed E-state index contributed by atoms with van der Waals surface area (Å²) in [5, 5.41) is 3.32. The third-order valence-electron chi connectivity index (χ3n) is 5.31. The van der Waals surface area contributed by atoms with E-state index in [1.165, 1.54) is 0 Å². The number of amides is 1. The fraction of sp³-hybridized carbons (Fsp3) is 0.269. The second kappa shape index (κ2) is 10.9. The fourth-order valence-electron chi connectivity index (χ4n) is 3.46. The van der Waals surface area contributed by atoms with Crippen LogP contribution in [0.5, 0.6) is 5.75 Å². The number of nitrogens with zero attached hydrogens (tertiary/aromatic N) is 1. The zero-order valence-electron chi connectivity index (χ0n) is 19.7. The van der Waals surface area contributed by atoms with E-state index in [0.29, 0.717) is 16.3 Å². The van der Waals surface area contributed by atoms with E-state index in [2.05, 4.69) is 5.32 Å². The Hall–Kier alpha value is -3.03. The van der Waals surface area contributed by atoms with E-state index < -0.39 is 15.9 Å². The van der Waals surface area contributed by atoms with Crippen LogP contribution in [0.3, 0.4) is 0 Å². The fourth-order valence-corrected chi connectivity index (χ4v) is 5.17. The number of benzene rings is 3. The average Bonchev–Trinajstić information content (AvgIpc) is 2.77. The molecule has 0 heterocycles. The topological polar surface area (TPSA) is 75.7 Å². The first-order valence-electron chi connectivity index (χ1n) is 10.9. The molecule has 8 heteroatoms. The molecule has 0 aromatic heterocycles. The Bertz CT molecular complexity index is 1260. The molecule has 3 aromatic rings. The van der Waals surface area contributed by atoms with Crippen LogP contribution in [0.1, 0.15) is 23.6 Å². The number of rotatable bonds is 9. The highest BCUT2D eigenvalue weighted by Gasteiger charge is 2.28. The normalized spacial score (nSPS) is 12.1. The molecule has 0 aliphatic rings. The molecule has 34 heavy (non-hydrogen) atoms. The van der Waals surface area contributed by atoms with Crippen LogP contribution in [0.25, 0.3) is 0 Å². The van der Waals surface area contributed by atoms with Crippen LogP contribution in [0.4, 0.5) is 5.69 Å². The molecule has 1 N–H and O–H groups in total. The van der Waals surface area contributed by atoms with Crippen molar-refractivity contribution in [3.63, 3.8) is 0 Å². The first-order chi connectivity index (χ1) is 16.1. The van der Waals surface area contributed by atoms with Crippen molar-refractivity contribution in [2.24, 2.45) is 0 Å². The molecule has 3 aromatic carbocycles. The lowest BCUT2D eigenvalue weighted by Gasteiger charge is -2.26. The number of aryl methyl sites for hydroxylation is 3. The van der Waals surface area contributed by atoms with Gasteiger partial charge in [0.2, 0.25) is 5.91 Å². The Morgan fingerprint density at radius 2 is 1.68 bits per heavy atom. The molecular weight excluding hydrogens is 472 g/mol. The van der Waals surface area contributed by atoms with Crippen LogP contribution in [0.2, 0.25) is 5.02 Å². The smallest absolute Gasteiger partial charge is 0.264 e. The van der Waals surface area contributed by atoms with Gasteiger partial charge in [-0.05, 0) is 75.2 Å². The van der Waals surface area contributed by atoms with Crippen molar-refractivity contribution in [1.82, 2.24) is 5.32 Å². The van der Waals surface area contributed by atoms with Crippen LogP contribution in [0, 0.1) is 20.8 Å². The highest BCUT2D eigenvalue weighted by molar-refractivity contribution is 7.92. The summed E-state index contributed by atoms with van der Waals surface area (Å²) < 4.78 is 34.0. The van der Waals surface area contributed by atoms with E-state index in [9.17, 15) is 13.2 Å². The quantitative estimate of drug-likeness (QED) is 0.446. The second-order valence-electron chi connectivity index (χ2n) is 8.30. The van der Waals surface area contributed by atoms with Gasteiger partial charge in [-0.25, -0.2) is 8.42 Å². The number of carbonyl (C=O) groups is 1.